The third-order valence-electron chi connectivity index (χ3n) is 5.75. The smallest absolute Gasteiger partial charge is 0.220 e. The lowest BCUT2D eigenvalue weighted by Gasteiger charge is -2.29. The predicted molar refractivity (Wildman–Crippen MR) is 116 cm³/mol. The van der Waals surface area contributed by atoms with Crippen molar-refractivity contribution >= 4 is 5.91 Å². The van der Waals surface area contributed by atoms with E-state index in [9.17, 15) is 9.90 Å². The van der Waals surface area contributed by atoms with E-state index in [1.165, 1.54) is 37.7 Å². The number of hydrogen-bond donors (Lipinski definition) is 2. The Kier molecular flexibility index (Phi) is 10.6. The number of aliphatic hydroxyl groups excluding tert-OH is 1. The monoisotopic (exact) mass is 388 g/mol. The molecule has 1 aliphatic rings. The third-order valence-corrected chi connectivity index (χ3v) is 5.75. The maximum Gasteiger partial charge on any atom is 0.220 e. The fourth-order valence-corrected chi connectivity index (χ4v) is 4.04. The van der Waals surface area contributed by atoms with E-state index in [2.05, 4.69) is 36.2 Å². The van der Waals surface area contributed by atoms with Crippen LogP contribution in [0.1, 0.15) is 88.9 Å². The van der Waals surface area contributed by atoms with E-state index < -0.39 is 6.10 Å². The standard InChI is InChI=1S/C24H40N2O2/c1-3-5-6-7-8-12-23(27)25-22(19-26-17-9-10-18-26)24(28)21-15-13-20(11-4-2)14-16-21/h13-16,22,24,28H,3-12,17-19H2,1-2H3,(H,25,27)/t22-,24-/m1/s1. The highest BCUT2D eigenvalue weighted by molar-refractivity contribution is 5.76. The van der Waals surface area contributed by atoms with Gasteiger partial charge in [0.2, 0.25) is 5.91 Å². The highest BCUT2D eigenvalue weighted by atomic mass is 16.3. The third kappa shape index (κ3) is 7.92. The van der Waals surface area contributed by atoms with Crippen LogP contribution in [-0.4, -0.2) is 41.6 Å². The second-order valence-electron chi connectivity index (χ2n) is 8.28. The quantitative estimate of drug-likeness (QED) is 0.485. The summed E-state index contributed by atoms with van der Waals surface area (Å²) in [5.74, 6) is 0.0716. The van der Waals surface area contributed by atoms with Gasteiger partial charge in [-0.1, -0.05) is 70.2 Å². The first kappa shape index (κ1) is 22.9. The zero-order valence-electron chi connectivity index (χ0n) is 18.0. The molecule has 2 N–H and O–H groups in total. The van der Waals surface area contributed by atoms with Crippen molar-refractivity contribution in [1.82, 2.24) is 10.2 Å². The van der Waals surface area contributed by atoms with E-state index in [1.807, 2.05) is 12.1 Å². The van der Waals surface area contributed by atoms with Gasteiger partial charge in [-0.2, -0.15) is 0 Å². The Morgan fingerprint density at radius 1 is 1.04 bits per heavy atom. The van der Waals surface area contributed by atoms with E-state index >= 15 is 0 Å². The van der Waals surface area contributed by atoms with Crippen molar-refractivity contribution in [3.8, 4) is 0 Å². The Morgan fingerprint density at radius 2 is 1.71 bits per heavy atom. The minimum Gasteiger partial charge on any atom is -0.386 e. The van der Waals surface area contributed by atoms with Gasteiger partial charge in [0.05, 0.1) is 6.04 Å². The van der Waals surface area contributed by atoms with E-state index in [4.69, 9.17) is 0 Å². The highest BCUT2D eigenvalue weighted by Gasteiger charge is 2.26. The molecule has 1 heterocycles. The van der Waals surface area contributed by atoms with Crippen molar-refractivity contribution < 1.29 is 9.90 Å². The summed E-state index contributed by atoms with van der Waals surface area (Å²) in [4.78, 5) is 14.9. The molecule has 4 nitrogen and oxygen atoms in total. The lowest BCUT2D eigenvalue weighted by molar-refractivity contribution is -0.123. The molecular formula is C24H40N2O2. The molecule has 2 atom stereocenters. The SMILES string of the molecule is CCCCCCCC(=O)N[C@H](CN1CCCC1)[C@H](O)c1ccc(CCC)cc1. The van der Waals surface area contributed by atoms with Gasteiger partial charge in [-0.25, -0.2) is 0 Å². The summed E-state index contributed by atoms with van der Waals surface area (Å²) < 4.78 is 0. The number of unbranched alkanes of at least 4 members (excludes halogenated alkanes) is 4. The number of likely N-dealkylation sites (tertiary alicyclic amines) is 1. The van der Waals surface area contributed by atoms with Gasteiger partial charge in [-0.3, -0.25) is 4.79 Å². The van der Waals surface area contributed by atoms with Crippen molar-refractivity contribution in [1.29, 1.82) is 0 Å². The summed E-state index contributed by atoms with van der Waals surface area (Å²) in [6.07, 6.45) is 10.2. The second-order valence-corrected chi connectivity index (χ2v) is 8.28. The lowest BCUT2D eigenvalue weighted by atomic mass is 9.99. The summed E-state index contributed by atoms with van der Waals surface area (Å²) in [6, 6.07) is 7.99. The molecule has 1 aromatic rings. The lowest BCUT2D eigenvalue weighted by Crippen LogP contribution is -2.46. The topological polar surface area (TPSA) is 52.6 Å². The molecule has 4 heteroatoms. The number of carbonyl (C=O) groups excluding carboxylic acids is 1. The number of rotatable bonds is 13. The van der Waals surface area contributed by atoms with E-state index in [0.29, 0.717) is 6.42 Å². The van der Waals surface area contributed by atoms with Crippen LogP contribution in [0.5, 0.6) is 0 Å². The van der Waals surface area contributed by atoms with Gasteiger partial charge in [-0.15, -0.1) is 0 Å². The van der Waals surface area contributed by atoms with Gasteiger partial charge in [0.25, 0.3) is 0 Å². The highest BCUT2D eigenvalue weighted by Crippen LogP contribution is 2.21. The molecule has 1 fully saturated rings. The number of hydrogen-bond acceptors (Lipinski definition) is 3. The molecule has 1 aliphatic heterocycles. The first-order chi connectivity index (χ1) is 13.6. The molecule has 0 unspecified atom stereocenters. The van der Waals surface area contributed by atoms with E-state index in [0.717, 1.165) is 50.9 Å². The Hall–Kier alpha value is -1.39. The fraction of sp³-hybridized carbons (Fsp3) is 0.708. The first-order valence-electron chi connectivity index (χ1n) is 11.4. The summed E-state index contributed by atoms with van der Waals surface area (Å²) in [7, 11) is 0. The summed E-state index contributed by atoms with van der Waals surface area (Å²) in [6.45, 7) is 7.22. The second kappa shape index (κ2) is 12.9. The molecule has 28 heavy (non-hydrogen) atoms. The molecule has 2 rings (SSSR count). The van der Waals surface area contributed by atoms with Gasteiger partial charge in [0.15, 0.2) is 0 Å². The maximum absolute atomic E-state index is 12.5. The maximum atomic E-state index is 12.5. The Bertz CT molecular complexity index is 552. The molecule has 1 aromatic carbocycles. The van der Waals surface area contributed by atoms with Gasteiger partial charge < -0.3 is 15.3 Å². The Labute approximate surface area is 171 Å². The van der Waals surface area contributed by atoms with Gasteiger partial charge in [-0.05, 0) is 49.9 Å². The number of carbonyl (C=O) groups is 1. The van der Waals surface area contributed by atoms with Crippen LogP contribution in [0.2, 0.25) is 0 Å². The molecule has 0 radical (unpaired) electrons. The number of amides is 1. The average Bonchev–Trinajstić information content (AvgIpc) is 3.21. The molecule has 1 saturated heterocycles. The van der Waals surface area contributed by atoms with Crippen LogP contribution in [0.4, 0.5) is 0 Å². The van der Waals surface area contributed by atoms with Crippen LogP contribution < -0.4 is 5.32 Å². The molecule has 0 saturated carbocycles. The summed E-state index contributed by atoms with van der Waals surface area (Å²) in [5.41, 5.74) is 2.19. The van der Waals surface area contributed by atoms with Crippen LogP contribution in [0.15, 0.2) is 24.3 Å². The first-order valence-corrected chi connectivity index (χ1v) is 11.4. The van der Waals surface area contributed by atoms with Crippen molar-refractivity contribution in [2.24, 2.45) is 0 Å². The van der Waals surface area contributed by atoms with E-state index in [1.54, 1.807) is 0 Å². The average molecular weight is 389 g/mol. The van der Waals surface area contributed by atoms with Crippen molar-refractivity contribution in [3.05, 3.63) is 35.4 Å². The molecule has 0 aliphatic carbocycles. The van der Waals surface area contributed by atoms with Crippen LogP contribution >= 0.6 is 0 Å². The zero-order valence-corrected chi connectivity index (χ0v) is 18.0. The van der Waals surface area contributed by atoms with Gasteiger partial charge in [0.1, 0.15) is 6.10 Å². The summed E-state index contributed by atoms with van der Waals surface area (Å²) >= 11 is 0. The minimum atomic E-state index is -0.666. The molecule has 1 amide bonds. The minimum absolute atomic E-state index is 0.0716. The van der Waals surface area contributed by atoms with Crippen molar-refractivity contribution in [2.45, 2.75) is 90.2 Å². The summed E-state index contributed by atoms with van der Waals surface area (Å²) in [5, 5.41) is 14.2. The molecular weight excluding hydrogens is 348 g/mol. The van der Waals surface area contributed by atoms with Crippen LogP contribution in [0, 0.1) is 0 Å². The van der Waals surface area contributed by atoms with Crippen molar-refractivity contribution in [2.75, 3.05) is 19.6 Å². The Morgan fingerprint density at radius 3 is 2.36 bits per heavy atom. The zero-order chi connectivity index (χ0) is 20.2. The van der Waals surface area contributed by atoms with Gasteiger partial charge >= 0.3 is 0 Å². The van der Waals surface area contributed by atoms with Gasteiger partial charge in [0, 0.05) is 13.0 Å². The largest absolute Gasteiger partial charge is 0.386 e. The Balaban J connectivity index is 1.94. The predicted octanol–water partition coefficient (Wildman–Crippen LogP) is 4.61. The molecule has 158 valence electrons. The molecule has 0 spiro atoms. The number of nitrogens with one attached hydrogen (secondary N) is 1. The van der Waals surface area contributed by atoms with Crippen LogP contribution in [0.25, 0.3) is 0 Å². The molecule has 0 aromatic heterocycles. The normalized spacial score (nSPS) is 16.8. The van der Waals surface area contributed by atoms with Crippen molar-refractivity contribution in [3.63, 3.8) is 0 Å². The number of nitrogens with zero attached hydrogens (tertiary/aromatic N) is 1. The van der Waals surface area contributed by atoms with Crippen LogP contribution in [-0.2, 0) is 11.2 Å². The fourth-order valence-electron chi connectivity index (χ4n) is 4.04. The number of benzene rings is 1. The van der Waals surface area contributed by atoms with Crippen LogP contribution in [0.3, 0.4) is 0 Å². The number of aliphatic hydroxyl groups is 1. The number of aryl methyl sites for hydroxylation is 1. The molecule has 0 bridgehead atoms. The van der Waals surface area contributed by atoms with E-state index in [-0.39, 0.29) is 11.9 Å².